The highest BCUT2D eigenvalue weighted by molar-refractivity contribution is 9.10. The van der Waals surface area contributed by atoms with E-state index in [1.165, 1.54) is 19.1 Å². The van der Waals surface area contributed by atoms with Crippen LogP contribution in [-0.4, -0.2) is 29.2 Å². The van der Waals surface area contributed by atoms with Crippen molar-refractivity contribution >= 4 is 27.6 Å². The normalized spacial score (nSPS) is 11.8. The lowest BCUT2D eigenvalue weighted by molar-refractivity contribution is -0.386. The molecule has 1 unspecified atom stereocenters. The number of esters is 1. The van der Waals surface area contributed by atoms with Crippen molar-refractivity contribution in [1.82, 2.24) is 0 Å². The lowest BCUT2D eigenvalue weighted by atomic mass is 10.1. The van der Waals surface area contributed by atoms with Crippen LogP contribution in [0.25, 0.3) is 0 Å². The van der Waals surface area contributed by atoms with Crippen molar-refractivity contribution in [3.63, 3.8) is 0 Å². The highest BCUT2D eigenvalue weighted by Gasteiger charge is 2.24. The van der Waals surface area contributed by atoms with Gasteiger partial charge in [-0.15, -0.1) is 0 Å². The zero-order valence-electron chi connectivity index (χ0n) is 11.0. The number of aliphatic hydroxyl groups is 1. The van der Waals surface area contributed by atoms with E-state index in [1.807, 2.05) is 0 Å². The summed E-state index contributed by atoms with van der Waals surface area (Å²) in [5.74, 6) is -0.775. The third-order valence-corrected chi connectivity index (χ3v) is 2.81. The molecule has 7 nitrogen and oxygen atoms in total. The fourth-order valence-electron chi connectivity index (χ4n) is 1.54. The highest BCUT2D eigenvalue weighted by atomic mass is 79.9. The van der Waals surface area contributed by atoms with Crippen molar-refractivity contribution in [2.45, 2.75) is 20.0 Å². The van der Waals surface area contributed by atoms with Crippen molar-refractivity contribution in [1.29, 1.82) is 0 Å². The summed E-state index contributed by atoms with van der Waals surface area (Å²) in [4.78, 5) is 21.6. The van der Waals surface area contributed by atoms with Crippen LogP contribution in [0.15, 0.2) is 16.6 Å². The van der Waals surface area contributed by atoms with Crippen molar-refractivity contribution in [2.24, 2.45) is 0 Å². The average molecular weight is 348 g/mol. The summed E-state index contributed by atoms with van der Waals surface area (Å²) in [6.07, 6.45) is -0.983. The predicted octanol–water partition coefficient (Wildman–Crippen LogP) is 2.35. The Morgan fingerprint density at radius 2 is 2.20 bits per heavy atom. The molecule has 0 amide bonds. The lowest BCUT2D eigenvalue weighted by Crippen LogP contribution is -2.16. The molecule has 20 heavy (non-hydrogen) atoms. The van der Waals surface area contributed by atoms with Crippen LogP contribution in [0, 0.1) is 10.1 Å². The molecule has 8 heteroatoms. The van der Waals surface area contributed by atoms with E-state index in [0.29, 0.717) is 4.47 Å². The standard InChI is InChI=1S/C12H14BrNO6/c1-3-19-11(16)6-20-12-9(7(2)15)4-8(13)5-10(12)14(17)18/h4-5,7,15H,3,6H2,1-2H3. The molecular formula is C12H14BrNO6. The molecule has 1 aromatic carbocycles. The number of nitro benzene ring substituents is 1. The molecule has 0 fully saturated rings. The summed E-state index contributed by atoms with van der Waals surface area (Å²) in [7, 11) is 0. The van der Waals surface area contributed by atoms with E-state index >= 15 is 0 Å². The van der Waals surface area contributed by atoms with Gasteiger partial charge in [-0.3, -0.25) is 10.1 Å². The molecule has 1 rings (SSSR count). The van der Waals surface area contributed by atoms with Crippen molar-refractivity contribution in [3.8, 4) is 5.75 Å². The fraction of sp³-hybridized carbons (Fsp3) is 0.417. The smallest absolute Gasteiger partial charge is 0.344 e. The Balaban J connectivity index is 3.13. The van der Waals surface area contributed by atoms with Crippen molar-refractivity contribution in [2.75, 3.05) is 13.2 Å². The molecule has 1 atom stereocenters. The first kappa shape index (κ1) is 16.4. The number of aliphatic hydroxyl groups excluding tert-OH is 1. The Kier molecular flexibility index (Phi) is 5.90. The van der Waals surface area contributed by atoms with Crippen LogP contribution in [0.1, 0.15) is 25.5 Å². The van der Waals surface area contributed by atoms with Gasteiger partial charge < -0.3 is 14.6 Å². The van der Waals surface area contributed by atoms with E-state index in [9.17, 15) is 20.0 Å². The number of hydrogen-bond donors (Lipinski definition) is 1. The summed E-state index contributed by atoms with van der Waals surface area (Å²) in [6.45, 7) is 2.81. The molecule has 0 aliphatic carbocycles. The fourth-order valence-corrected chi connectivity index (χ4v) is 2.00. The minimum Gasteiger partial charge on any atom is -0.475 e. The number of halogens is 1. The number of rotatable bonds is 6. The van der Waals surface area contributed by atoms with E-state index < -0.39 is 23.6 Å². The van der Waals surface area contributed by atoms with E-state index in [-0.39, 0.29) is 23.6 Å². The summed E-state index contributed by atoms with van der Waals surface area (Å²) in [5.41, 5.74) is -0.116. The average Bonchev–Trinajstić information content (AvgIpc) is 2.36. The van der Waals surface area contributed by atoms with Gasteiger partial charge in [-0.2, -0.15) is 0 Å². The van der Waals surface area contributed by atoms with Crippen molar-refractivity contribution in [3.05, 3.63) is 32.3 Å². The van der Waals surface area contributed by atoms with Crippen molar-refractivity contribution < 1.29 is 24.3 Å². The second kappa shape index (κ2) is 7.20. The summed E-state index contributed by atoms with van der Waals surface area (Å²) in [5, 5.41) is 20.7. The molecule has 0 bridgehead atoms. The Morgan fingerprint density at radius 3 is 2.70 bits per heavy atom. The number of carbonyl (C=O) groups is 1. The van der Waals surface area contributed by atoms with Gasteiger partial charge in [0.25, 0.3) is 0 Å². The van der Waals surface area contributed by atoms with Gasteiger partial charge in [0, 0.05) is 16.1 Å². The quantitative estimate of drug-likeness (QED) is 0.481. The van der Waals surface area contributed by atoms with E-state index in [2.05, 4.69) is 20.7 Å². The number of hydrogen-bond acceptors (Lipinski definition) is 6. The SMILES string of the molecule is CCOC(=O)COc1c(C(C)O)cc(Br)cc1[N+](=O)[O-]. The Morgan fingerprint density at radius 1 is 1.55 bits per heavy atom. The minimum absolute atomic E-state index is 0.138. The van der Waals surface area contributed by atoms with Gasteiger partial charge >= 0.3 is 11.7 Å². The number of nitrogens with zero attached hydrogens (tertiary/aromatic N) is 1. The first-order valence-electron chi connectivity index (χ1n) is 5.81. The molecule has 0 aliphatic heterocycles. The van der Waals surface area contributed by atoms with Gasteiger partial charge in [-0.05, 0) is 19.9 Å². The van der Waals surface area contributed by atoms with E-state index in [1.54, 1.807) is 6.92 Å². The Bertz CT molecular complexity index is 517. The second-order valence-corrected chi connectivity index (χ2v) is 4.79. The third kappa shape index (κ3) is 4.17. The topological polar surface area (TPSA) is 98.9 Å². The predicted molar refractivity (Wildman–Crippen MR) is 73.6 cm³/mol. The monoisotopic (exact) mass is 347 g/mol. The van der Waals surface area contributed by atoms with Crippen LogP contribution >= 0.6 is 15.9 Å². The van der Waals surface area contributed by atoms with Crippen LogP contribution in [-0.2, 0) is 9.53 Å². The number of nitro groups is 1. The van der Waals surface area contributed by atoms with Gasteiger partial charge in [-0.1, -0.05) is 15.9 Å². The molecule has 1 N–H and O–H groups in total. The van der Waals surface area contributed by atoms with Crippen LogP contribution in [0.4, 0.5) is 5.69 Å². The summed E-state index contributed by atoms with van der Waals surface area (Å²) < 4.78 is 10.3. The molecule has 0 aliphatic rings. The maximum Gasteiger partial charge on any atom is 0.344 e. The Hall–Kier alpha value is -1.67. The Labute approximate surface area is 123 Å². The first-order valence-corrected chi connectivity index (χ1v) is 6.60. The van der Waals surface area contributed by atoms with Gasteiger partial charge in [0.1, 0.15) is 0 Å². The van der Waals surface area contributed by atoms with Crippen LogP contribution in [0.2, 0.25) is 0 Å². The molecule has 1 aromatic rings. The molecule has 0 saturated heterocycles. The zero-order valence-corrected chi connectivity index (χ0v) is 12.5. The summed E-state index contributed by atoms with van der Waals surface area (Å²) in [6, 6.07) is 2.74. The maximum atomic E-state index is 11.3. The van der Waals surface area contributed by atoms with Gasteiger partial charge in [0.2, 0.25) is 5.75 Å². The molecule has 0 heterocycles. The molecule has 0 radical (unpaired) electrons. The lowest BCUT2D eigenvalue weighted by Gasteiger charge is -2.13. The molecule has 0 saturated carbocycles. The van der Waals surface area contributed by atoms with Crippen LogP contribution < -0.4 is 4.74 Å². The number of ether oxygens (including phenoxy) is 2. The van der Waals surface area contributed by atoms with Crippen LogP contribution in [0.3, 0.4) is 0 Å². The van der Waals surface area contributed by atoms with E-state index in [4.69, 9.17) is 4.74 Å². The van der Waals surface area contributed by atoms with Gasteiger partial charge in [-0.25, -0.2) is 4.79 Å². The van der Waals surface area contributed by atoms with Gasteiger partial charge in [0.15, 0.2) is 6.61 Å². The molecule has 0 aromatic heterocycles. The zero-order chi connectivity index (χ0) is 15.3. The van der Waals surface area contributed by atoms with E-state index in [0.717, 1.165) is 0 Å². The second-order valence-electron chi connectivity index (χ2n) is 3.87. The molecular weight excluding hydrogens is 334 g/mol. The van der Waals surface area contributed by atoms with Crippen LogP contribution in [0.5, 0.6) is 5.75 Å². The number of benzene rings is 1. The van der Waals surface area contributed by atoms with Gasteiger partial charge in [0.05, 0.1) is 17.6 Å². The molecule has 110 valence electrons. The minimum atomic E-state index is -0.983. The number of carbonyl (C=O) groups excluding carboxylic acids is 1. The molecule has 0 spiro atoms. The first-order chi connectivity index (χ1) is 9.36. The summed E-state index contributed by atoms with van der Waals surface area (Å²) >= 11 is 3.13. The maximum absolute atomic E-state index is 11.3. The third-order valence-electron chi connectivity index (χ3n) is 2.35. The largest absolute Gasteiger partial charge is 0.475 e. The highest BCUT2D eigenvalue weighted by Crippen LogP contribution is 2.37.